The summed E-state index contributed by atoms with van der Waals surface area (Å²) >= 11 is 0. The second-order valence-electron chi connectivity index (χ2n) is 4.70. The second kappa shape index (κ2) is 6.06. The molecule has 0 radical (unpaired) electrons. The van der Waals surface area contributed by atoms with Gasteiger partial charge in [0.15, 0.2) is 0 Å². The first-order valence-electron chi connectivity index (χ1n) is 6.09. The van der Waals surface area contributed by atoms with Gasteiger partial charge >= 0.3 is 0 Å². The summed E-state index contributed by atoms with van der Waals surface area (Å²) in [6.07, 6.45) is 13.4. The highest BCUT2D eigenvalue weighted by atomic mass is 14.2. The molecule has 0 saturated carbocycles. The summed E-state index contributed by atoms with van der Waals surface area (Å²) in [5, 5.41) is 0. The van der Waals surface area contributed by atoms with Crippen molar-refractivity contribution in [3.8, 4) is 0 Å². The quantitative estimate of drug-likeness (QED) is 0.591. The van der Waals surface area contributed by atoms with E-state index >= 15 is 0 Å². The maximum atomic E-state index is 2.38. The standard InChI is InChI=1S/C14H24/c1-4-12(2)10-11-13(3)14-8-6-5-7-9-14/h5-6,8,12-13H,4,7,9-11H2,1-3H3/t12-,13+/m0/s1. The van der Waals surface area contributed by atoms with E-state index < -0.39 is 0 Å². The Labute approximate surface area is 89.1 Å². The van der Waals surface area contributed by atoms with Gasteiger partial charge in [0.05, 0.1) is 0 Å². The van der Waals surface area contributed by atoms with E-state index in [1.807, 2.05) is 0 Å². The van der Waals surface area contributed by atoms with Gasteiger partial charge in [0.1, 0.15) is 0 Å². The molecule has 0 heteroatoms. The fraction of sp³-hybridized carbons (Fsp3) is 0.714. The van der Waals surface area contributed by atoms with Crippen molar-refractivity contribution >= 4 is 0 Å². The molecular weight excluding hydrogens is 168 g/mol. The Morgan fingerprint density at radius 2 is 2.07 bits per heavy atom. The summed E-state index contributed by atoms with van der Waals surface area (Å²) in [5.74, 6) is 1.70. The van der Waals surface area contributed by atoms with E-state index in [1.54, 1.807) is 5.57 Å². The van der Waals surface area contributed by atoms with Crippen molar-refractivity contribution in [2.45, 2.75) is 52.9 Å². The predicted octanol–water partition coefficient (Wildman–Crippen LogP) is 4.73. The zero-order valence-electron chi connectivity index (χ0n) is 9.92. The van der Waals surface area contributed by atoms with Gasteiger partial charge in [0.25, 0.3) is 0 Å². The third kappa shape index (κ3) is 3.69. The molecule has 0 heterocycles. The number of hydrogen-bond donors (Lipinski definition) is 0. The normalized spacial score (nSPS) is 20.4. The molecule has 1 aliphatic rings. The van der Waals surface area contributed by atoms with Crippen LogP contribution in [0.3, 0.4) is 0 Å². The SMILES string of the molecule is CC[C@H](C)CC[C@@H](C)C1=CC=CCC1. The lowest BCUT2D eigenvalue weighted by molar-refractivity contribution is 0.445. The van der Waals surface area contributed by atoms with Gasteiger partial charge in [-0.25, -0.2) is 0 Å². The largest absolute Gasteiger partial charge is 0.0842 e. The first-order chi connectivity index (χ1) is 6.74. The van der Waals surface area contributed by atoms with Crippen LogP contribution in [0.1, 0.15) is 52.9 Å². The van der Waals surface area contributed by atoms with E-state index in [0.717, 1.165) is 11.8 Å². The zero-order chi connectivity index (χ0) is 10.4. The molecule has 1 aliphatic carbocycles. The monoisotopic (exact) mass is 192 g/mol. The molecule has 0 aromatic heterocycles. The molecule has 0 spiro atoms. The van der Waals surface area contributed by atoms with Gasteiger partial charge in [-0.1, -0.05) is 57.4 Å². The minimum Gasteiger partial charge on any atom is -0.0842 e. The molecule has 0 unspecified atom stereocenters. The van der Waals surface area contributed by atoms with Gasteiger partial charge in [-0.15, -0.1) is 0 Å². The van der Waals surface area contributed by atoms with Crippen molar-refractivity contribution in [1.82, 2.24) is 0 Å². The molecule has 0 aromatic carbocycles. The Morgan fingerprint density at radius 3 is 2.64 bits per heavy atom. The predicted molar refractivity (Wildman–Crippen MR) is 64.3 cm³/mol. The minimum absolute atomic E-state index is 0.800. The lowest BCUT2D eigenvalue weighted by Crippen LogP contribution is -2.04. The lowest BCUT2D eigenvalue weighted by atomic mass is 9.87. The molecule has 0 aliphatic heterocycles. The summed E-state index contributed by atoms with van der Waals surface area (Å²) in [7, 11) is 0. The molecule has 0 fully saturated rings. The Morgan fingerprint density at radius 1 is 1.29 bits per heavy atom. The zero-order valence-corrected chi connectivity index (χ0v) is 9.92. The van der Waals surface area contributed by atoms with Crippen LogP contribution in [0, 0.1) is 11.8 Å². The van der Waals surface area contributed by atoms with Crippen molar-refractivity contribution in [3.05, 3.63) is 23.8 Å². The third-order valence-electron chi connectivity index (χ3n) is 3.47. The van der Waals surface area contributed by atoms with Crippen LogP contribution in [-0.4, -0.2) is 0 Å². The second-order valence-corrected chi connectivity index (χ2v) is 4.70. The van der Waals surface area contributed by atoms with Crippen LogP contribution in [0.2, 0.25) is 0 Å². The molecule has 2 atom stereocenters. The molecule has 0 N–H and O–H groups in total. The maximum absolute atomic E-state index is 2.38. The summed E-state index contributed by atoms with van der Waals surface area (Å²) < 4.78 is 0. The smallest absolute Gasteiger partial charge is 0.0228 e. The molecule has 14 heavy (non-hydrogen) atoms. The first-order valence-corrected chi connectivity index (χ1v) is 6.09. The number of hydrogen-bond acceptors (Lipinski definition) is 0. The average molecular weight is 192 g/mol. The van der Waals surface area contributed by atoms with E-state index in [9.17, 15) is 0 Å². The van der Waals surface area contributed by atoms with E-state index in [1.165, 1.54) is 32.1 Å². The number of allylic oxidation sites excluding steroid dienone is 4. The topological polar surface area (TPSA) is 0 Å². The first kappa shape index (κ1) is 11.6. The van der Waals surface area contributed by atoms with Gasteiger partial charge in [-0.3, -0.25) is 0 Å². The van der Waals surface area contributed by atoms with E-state index in [0.29, 0.717) is 0 Å². The summed E-state index contributed by atoms with van der Waals surface area (Å²) in [6.45, 7) is 7.03. The maximum Gasteiger partial charge on any atom is -0.0228 e. The van der Waals surface area contributed by atoms with Gasteiger partial charge in [0.2, 0.25) is 0 Å². The number of rotatable bonds is 5. The molecule has 80 valence electrons. The van der Waals surface area contributed by atoms with Crippen LogP contribution in [0.25, 0.3) is 0 Å². The fourth-order valence-corrected chi connectivity index (χ4v) is 1.96. The van der Waals surface area contributed by atoms with Crippen LogP contribution in [0.15, 0.2) is 23.8 Å². The van der Waals surface area contributed by atoms with Crippen molar-refractivity contribution in [2.24, 2.45) is 11.8 Å². The molecular formula is C14H24. The molecule has 0 aromatic rings. The fourth-order valence-electron chi connectivity index (χ4n) is 1.96. The Balaban J connectivity index is 2.30. The van der Waals surface area contributed by atoms with Crippen LogP contribution >= 0.6 is 0 Å². The van der Waals surface area contributed by atoms with E-state index in [-0.39, 0.29) is 0 Å². The molecule has 0 amide bonds. The average Bonchev–Trinajstić information content (AvgIpc) is 2.26. The Kier molecular flexibility index (Phi) is 5.00. The molecule has 0 saturated heterocycles. The van der Waals surface area contributed by atoms with Crippen molar-refractivity contribution < 1.29 is 0 Å². The van der Waals surface area contributed by atoms with Crippen LogP contribution in [-0.2, 0) is 0 Å². The summed E-state index contributed by atoms with van der Waals surface area (Å²) in [5.41, 5.74) is 1.66. The Bertz CT molecular complexity index is 210. The molecule has 1 rings (SSSR count). The lowest BCUT2D eigenvalue weighted by Gasteiger charge is -2.18. The Hall–Kier alpha value is -0.520. The highest BCUT2D eigenvalue weighted by Crippen LogP contribution is 2.26. The summed E-state index contributed by atoms with van der Waals surface area (Å²) in [6, 6.07) is 0. The van der Waals surface area contributed by atoms with Gasteiger partial charge < -0.3 is 0 Å². The van der Waals surface area contributed by atoms with Gasteiger partial charge in [0, 0.05) is 0 Å². The van der Waals surface area contributed by atoms with E-state index in [2.05, 4.69) is 39.0 Å². The minimum atomic E-state index is 0.800. The highest BCUT2D eigenvalue weighted by Gasteiger charge is 2.10. The van der Waals surface area contributed by atoms with E-state index in [4.69, 9.17) is 0 Å². The van der Waals surface area contributed by atoms with Gasteiger partial charge in [-0.05, 0) is 31.1 Å². The van der Waals surface area contributed by atoms with Crippen LogP contribution < -0.4 is 0 Å². The van der Waals surface area contributed by atoms with Crippen molar-refractivity contribution in [3.63, 3.8) is 0 Å². The third-order valence-corrected chi connectivity index (χ3v) is 3.47. The van der Waals surface area contributed by atoms with Crippen molar-refractivity contribution in [1.29, 1.82) is 0 Å². The highest BCUT2D eigenvalue weighted by molar-refractivity contribution is 5.19. The molecule has 0 bridgehead atoms. The van der Waals surface area contributed by atoms with Crippen LogP contribution in [0.5, 0.6) is 0 Å². The van der Waals surface area contributed by atoms with Crippen LogP contribution in [0.4, 0.5) is 0 Å². The van der Waals surface area contributed by atoms with Crippen molar-refractivity contribution in [2.75, 3.05) is 0 Å². The molecule has 0 nitrogen and oxygen atoms in total. The van der Waals surface area contributed by atoms with Gasteiger partial charge in [-0.2, -0.15) is 0 Å². The summed E-state index contributed by atoms with van der Waals surface area (Å²) in [4.78, 5) is 0.